The lowest BCUT2D eigenvalue weighted by atomic mass is 10.2. The van der Waals surface area contributed by atoms with Crippen LogP contribution in [0.5, 0.6) is 0 Å². The first-order chi connectivity index (χ1) is 9.74. The van der Waals surface area contributed by atoms with Crippen molar-refractivity contribution in [3.63, 3.8) is 0 Å². The van der Waals surface area contributed by atoms with E-state index in [1.54, 1.807) is 20.9 Å². The topological polar surface area (TPSA) is 87.5 Å². The molecule has 0 aliphatic heterocycles. The van der Waals surface area contributed by atoms with Crippen molar-refractivity contribution < 1.29 is 12.9 Å². The maximum absolute atomic E-state index is 12.1. The Hall–Kier alpha value is -0.960. The highest BCUT2D eigenvalue weighted by atomic mass is 32.2. The van der Waals surface area contributed by atoms with Gasteiger partial charge in [-0.3, -0.25) is 0 Å². The molecular weight excluding hydrogens is 292 g/mol. The number of aromatic nitrogens is 1. The van der Waals surface area contributed by atoms with E-state index in [1.165, 1.54) is 4.31 Å². The molecule has 0 saturated carbocycles. The number of nitrogens with zero attached hydrogens (tertiary/aromatic N) is 2. The minimum absolute atomic E-state index is 0.193. The Bertz CT molecular complexity index is 520. The van der Waals surface area contributed by atoms with Crippen molar-refractivity contribution in [2.45, 2.75) is 46.7 Å². The molecule has 1 heterocycles. The molecular formula is C13H26N4O3S. The van der Waals surface area contributed by atoms with Crippen LogP contribution in [0.25, 0.3) is 0 Å². The lowest BCUT2D eigenvalue weighted by Crippen LogP contribution is -2.39. The number of rotatable bonds is 9. The zero-order chi connectivity index (χ0) is 16.0. The fraction of sp³-hybridized carbons (Fsp3) is 0.769. The fourth-order valence-electron chi connectivity index (χ4n) is 1.84. The molecule has 0 atom stereocenters. The second kappa shape index (κ2) is 7.88. The van der Waals surface area contributed by atoms with Crippen LogP contribution in [0.15, 0.2) is 4.52 Å². The monoisotopic (exact) mass is 318 g/mol. The molecule has 0 aromatic carbocycles. The molecule has 1 aromatic heterocycles. The van der Waals surface area contributed by atoms with E-state index in [0.717, 1.165) is 18.5 Å². The van der Waals surface area contributed by atoms with Gasteiger partial charge >= 0.3 is 0 Å². The molecule has 1 aromatic rings. The Morgan fingerprint density at radius 2 is 2.00 bits per heavy atom. The van der Waals surface area contributed by atoms with E-state index in [-0.39, 0.29) is 6.54 Å². The molecule has 0 fully saturated rings. The van der Waals surface area contributed by atoms with Crippen LogP contribution in [-0.2, 0) is 16.8 Å². The van der Waals surface area contributed by atoms with Gasteiger partial charge in [0, 0.05) is 31.7 Å². The van der Waals surface area contributed by atoms with Crippen LogP contribution in [0.2, 0.25) is 0 Å². The van der Waals surface area contributed by atoms with Gasteiger partial charge in [-0.1, -0.05) is 19.0 Å². The summed E-state index contributed by atoms with van der Waals surface area (Å²) in [5, 5.41) is 7.07. The van der Waals surface area contributed by atoms with Crippen molar-refractivity contribution in [3.05, 3.63) is 17.0 Å². The first-order valence-corrected chi connectivity index (χ1v) is 8.54. The zero-order valence-electron chi connectivity index (χ0n) is 13.4. The van der Waals surface area contributed by atoms with Crippen LogP contribution in [0.1, 0.15) is 37.3 Å². The maximum Gasteiger partial charge on any atom is 0.279 e. The third-order valence-corrected chi connectivity index (χ3v) is 4.74. The molecule has 122 valence electrons. The highest BCUT2D eigenvalue weighted by Crippen LogP contribution is 2.12. The number of hydrogen-bond acceptors (Lipinski definition) is 5. The van der Waals surface area contributed by atoms with Crippen molar-refractivity contribution in [1.82, 2.24) is 19.5 Å². The third kappa shape index (κ3) is 5.74. The van der Waals surface area contributed by atoms with Gasteiger partial charge in [0.05, 0.1) is 5.69 Å². The summed E-state index contributed by atoms with van der Waals surface area (Å²) < 4.78 is 33.2. The molecule has 7 nitrogen and oxygen atoms in total. The lowest BCUT2D eigenvalue weighted by molar-refractivity contribution is 0.392. The highest BCUT2D eigenvalue weighted by Gasteiger charge is 2.18. The van der Waals surface area contributed by atoms with Gasteiger partial charge in [0.2, 0.25) is 0 Å². The highest BCUT2D eigenvalue weighted by molar-refractivity contribution is 7.87. The quantitative estimate of drug-likeness (QED) is 0.662. The van der Waals surface area contributed by atoms with Crippen LogP contribution in [-0.4, -0.2) is 44.1 Å². The molecule has 0 spiro atoms. The van der Waals surface area contributed by atoms with Crippen LogP contribution in [0, 0.1) is 13.8 Å². The average molecular weight is 318 g/mol. The number of aryl methyl sites for hydroxylation is 2. The largest absolute Gasteiger partial charge is 0.361 e. The molecule has 2 N–H and O–H groups in total. The van der Waals surface area contributed by atoms with Crippen molar-refractivity contribution in [2.24, 2.45) is 0 Å². The molecule has 1 rings (SSSR count). The number of nitrogens with one attached hydrogen (secondary N) is 2. The van der Waals surface area contributed by atoms with E-state index in [2.05, 4.69) is 29.0 Å². The van der Waals surface area contributed by atoms with Gasteiger partial charge < -0.3 is 9.84 Å². The van der Waals surface area contributed by atoms with Crippen molar-refractivity contribution in [3.8, 4) is 0 Å². The molecule has 0 bridgehead atoms. The first kappa shape index (κ1) is 18.1. The summed E-state index contributed by atoms with van der Waals surface area (Å²) >= 11 is 0. The van der Waals surface area contributed by atoms with Crippen molar-refractivity contribution >= 4 is 10.2 Å². The Labute approximate surface area is 127 Å². The minimum Gasteiger partial charge on any atom is -0.361 e. The normalized spacial score (nSPS) is 12.5. The predicted octanol–water partition coefficient (Wildman–Crippen LogP) is 0.946. The Kier molecular flexibility index (Phi) is 6.79. The van der Waals surface area contributed by atoms with Gasteiger partial charge in [-0.2, -0.15) is 17.4 Å². The SMILES string of the molecule is Cc1noc(C)c1CNS(=O)(=O)N(C)CCCNC(C)C. The second-order valence-electron chi connectivity index (χ2n) is 5.41. The fourth-order valence-corrected chi connectivity index (χ4v) is 2.76. The Morgan fingerprint density at radius 1 is 1.33 bits per heavy atom. The van der Waals surface area contributed by atoms with Crippen LogP contribution >= 0.6 is 0 Å². The van der Waals surface area contributed by atoms with Crippen molar-refractivity contribution in [1.29, 1.82) is 0 Å². The van der Waals surface area contributed by atoms with E-state index in [4.69, 9.17) is 4.52 Å². The molecule has 0 radical (unpaired) electrons. The summed E-state index contributed by atoms with van der Waals surface area (Å²) in [6.45, 7) is 9.14. The molecule has 21 heavy (non-hydrogen) atoms. The van der Waals surface area contributed by atoms with Gasteiger partial charge in [0.1, 0.15) is 5.76 Å². The summed E-state index contributed by atoms with van der Waals surface area (Å²) in [5.41, 5.74) is 1.49. The minimum atomic E-state index is -3.48. The summed E-state index contributed by atoms with van der Waals surface area (Å²) in [5.74, 6) is 0.638. The van der Waals surface area contributed by atoms with E-state index >= 15 is 0 Å². The van der Waals surface area contributed by atoms with E-state index in [9.17, 15) is 8.42 Å². The average Bonchev–Trinajstić information content (AvgIpc) is 2.71. The number of hydrogen-bond donors (Lipinski definition) is 2. The van der Waals surface area contributed by atoms with Crippen LogP contribution in [0.4, 0.5) is 0 Å². The molecule has 0 amide bonds. The third-order valence-electron chi connectivity index (χ3n) is 3.23. The first-order valence-electron chi connectivity index (χ1n) is 7.10. The van der Waals surface area contributed by atoms with Crippen LogP contribution in [0.3, 0.4) is 0 Å². The van der Waals surface area contributed by atoms with Gasteiger partial charge in [-0.05, 0) is 26.8 Å². The predicted molar refractivity (Wildman–Crippen MR) is 82.1 cm³/mol. The maximum atomic E-state index is 12.1. The summed E-state index contributed by atoms with van der Waals surface area (Å²) in [7, 11) is -1.91. The standard InChI is InChI=1S/C13H26N4O3S/c1-10(2)14-7-6-8-17(5)21(18,19)15-9-13-11(3)16-20-12(13)4/h10,14-15H,6-9H2,1-5H3. The van der Waals surface area contributed by atoms with E-state index < -0.39 is 10.2 Å². The van der Waals surface area contributed by atoms with Gasteiger partial charge in [0.25, 0.3) is 10.2 Å². The Balaban J connectivity index is 2.45. The molecule has 0 aliphatic carbocycles. The zero-order valence-corrected chi connectivity index (χ0v) is 14.2. The summed E-state index contributed by atoms with van der Waals surface area (Å²) in [4.78, 5) is 0. The van der Waals surface area contributed by atoms with Gasteiger partial charge in [-0.25, -0.2) is 0 Å². The van der Waals surface area contributed by atoms with Gasteiger partial charge in [0.15, 0.2) is 0 Å². The molecule has 0 saturated heterocycles. The van der Waals surface area contributed by atoms with Crippen LogP contribution < -0.4 is 10.0 Å². The molecule has 0 aliphatic rings. The lowest BCUT2D eigenvalue weighted by Gasteiger charge is -2.18. The van der Waals surface area contributed by atoms with Crippen molar-refractivity contribution in [2.75, 3.05) is 20.1 Å². The summed E-state index contributed by atoms with van der Waals surface area (Å²) in [6, 6.07) is 0.407. The summed E-state index contributed by atoms with van der Waals surface area (Å²) in [6.07, 6.45) is 0.765. The second-order valence-corrected chi connectivity index (χ2v) is 7.27. The van der Waals surface area contributed by atoms with E-state index in [0.29, 0.717) is 24.0 Å². The smallest absolute Gasteiger partial charge is 0.279 e. The van der Waals surface area contributed by atoms with Gasteiger partial charge in [-0.15, -0.1) is 0 Å². The van der Waals surface area contributed by atoms with E-state index in [1.807, 2.05) is 0 Å². The molecule has 8 heteroatoms. The molecule has 0 unspecified atom stereocenters. The Morgan fingerprint density at radius 3 is 2.52 bits per heavy atom.